The van der Waals surface area contributed by atoms with Crippen LogP contribution >= 0.6 is 0 Å². The van der Waals surface area contributed by atoms with Crippen LogP contribution in [0, 0.1) is 11.8 Å². The highest BCUT2D eigenvalue weighted by Gasteiger charge is 2.46. The Balaban J connectivity index is 1.24. The first kappa shape index (κ1) is 24.5. The van der Waals surface area contributed by atoms with Crippen LogP contribution in [-0.2, 0) is 9.59 Å². The molecule has 1 aromatic carbocycles. The second-order valence-corrected chi connectivity index (χ2v) is 8.98. The van der Waals surface area contributed by atoms with Crippen molar-refractivity contribution in [3.63, 3.8) is 0 Å². The van der Waals surface area contributed by atoms with Gasteiger partial charge in [0, 0.05) is 32.7 Å². The van der Waals surface area contributed by atoms with Crippen LogP contribution in [0.4, 0.5) is 23.2 Å². The van der Waals surface area contributed by atoms with Gasteiger partial charge >= 0.3 is 12.3 Å². The van der Waals surface area contributed by atoms with E-state index in [0.717, 1.165) is 6.54 Å². The molecule has 3 aliphatic rings. The zero-order chi connectivity index (χ0) is 24.3. The summed E-state index contributed by atoms with van der Waals surface area (Å²) in [6.45, 7) is 2.41. The number of nitrogens with zero attached hydrogens (tertiary/aromatic N) is 3. The number of likely N-dealkylation sites (tertiary alicyclic amines) is 1. The molecule has 2 unspecified atom stereocenters. The van der Waals surface area contributed by atoms with Crippen molar-refractivity contribution in [1.29, 1.82) is 0 Å². The minimum absolute atomic E-state index is 0.0572. The number of para-hydroxylation sites is 2. The maximum atomic E-state index is 13.3. The van der Waals surface area contributed by atoms with E-state index in [2.05, 4.69) is 4.90 Å². The smallest absolute Gasteiger partial charge is 0.340 e. The highest BCUT2D eigenvalue weighted by Crippen LogP contribution is 2.35. The largest absolute Gasteiger partial charge is 0.485 e. The fourth-order valence-corrected chi connectivity index (χ4v) is 4.83. The zero-order valence-electron chi connectivity index (χ0n) is 18.8. The van der Waals surface area contributed by atoms with Crippen LogP contribution in [0.1, 0.15) is 19.3 Å². The lowest BCUT2D eigenvalue weighted by Crippen LogP contribution is -2.47. The summed E-state index contributed by atoms with van der Waals surface area (Å²) in [7, 11) is 0. The van der Waals surface area contributed by atoms with Crippen LogP contribution in [0.5, 0.6) is 5.75 Å². The molecule has 34 heavy (non-hydrogen) atoms. The molecule has 2 amide bonds. The molecule has 2 fully saturated rings. The van der Waals surface area contributed by atoms with Gasteiger partial charge in [-0.3, -0.25) is 19.4 Å². The number of hydrogen-bond acceptors (Lipinski definition) is 5. The van der Waals surface area contributed by atoms with Crippen molar-refractivity contribution in [3.8, 4) is 5.75 Å². The Morgan fingerprint density at radius 2 is 1.56 bits per heavy atom. The number of carbonyl (C=O) groups excluding carboxylic acids is 2. The summed E-state index contributed by atoms with van der Waals surface area (Å²) in [5.41, 5.74) is 0.594. The molecule has 0 aromatic heterocycles. The fourth-order valence-electron chi connectivity index (χ4n) is 4.83. The van der Waals surface area contributed by atoms with Gasteiger partial charge in [-0.1, -0.05) is 24.3 Å². The summed E-state index contributed by atoms with van der Waals surface area (Å²) in [5.74, 6) is -4.58. The molecular formula is C24H29F4N3O3. The summed E-state index contributed by atoms with van der Waals surface area (Å²) in [6.07, 6.45) is 2.13. The summed E-state index contributed by atoms with van der Waals surface area (Å²) in [6, 6.07) is 6.59. The van der Waals surface area contributed by atoms with E-state index in [1.54, 1.807) is 18.2 Å². The first-order valence-corrected chi connectivity index (χ1v) is 11.6. The maximum absolute atomic E-state index is 13.3. The number of halogens is 4. The Morgan fingerprint density at radius 1 is 0.941 bits per heavy atom. The minimum Gasteiger partial charge on any atom is -0.485 e. The molecule has 2 heterocycles. The van der Waals surface area contributed by atoms with Crippen molar-refractivity contribution in [1.82, 2.24) is 9.80 Å². The Hall–Kier alpha value is -2.62. The summed E-state index contributed by atoms with van der Waals surface area (Å²) in [5, 5.41) is 0. The number of benzene rings is 1. The topological polar surface area (TPSA) is 53.1 Å². The van der Waals surface area contributed by atoms with Gasteiger partial charge in [0.05, 0.1) is 17.5 Å². The minimum atomic E-state index is -4.21. The van der Waals surface area contributed by atoms with Crippen LogP contribution in [0.25, 0.3) is 0 Å². The van der Waals surface area contributed by atoms with E-state index in [9.17, 15) is 27.2 Å². The Bertz CT molecular complexity index is 892. The molecule has 2 atom stereocenters. The monoisotopic (exact) mass is 483 g/mol. The van der Waals surface area contributed by atoms with E-state index in [4.69, 9.17) is 4.74 Å². The van der Waals surface area contributed by atoms with Gasteiger partial charge in [0.25, 0.3) is 0 Å². The van der Waals surface area contributed by atoms with Crippen molar-refractivity contribution in [2.75, 3.05) is 50.8 Å². The third-order valence-corrected chi connectivity index (χ3v) is 6.77. The second kappa shape index (κ2) is 10.3. The van der Waals surface area contributed by atoms with Gasteiger partial charge in [-0.2, -0.15) is 8.78 Å². The lowest BCUT2D eigenvalue weighted by Gasteiger charge is -2.37. The number of rotatable bonds is 9. The first-order chi connectivity index (χ1) is 16.3. The number of imide groups is 1. The molecule has 10 heteroatoms. The van der Waals surface area contributed by atoms with Gasteiger partial charge in [0.1, 0.15) is 5.75 Å². The van der Waals surface area contributed by atoms with Gasteiger partial charge in [-0.05, 0) is 37.9 Å². The van der Waals surface area contributed by atoms with Gasteiger partial charge in [-0.25, -0.2) is 8.78 Å². The van der Waals surface area contributed by atoms with E-state index in [-0.39, 0.29) is 29.4 Å². The van der Waals surface area contributed by atoms with Gasteiger partial charge in [-0.15, -0.1) is 0 Å². The SMILES string of the molecule is O=C1C2CC=CCC2C(=O)N1CCCN1CCN(c2ccccc2OCC(F)(F)C(F)F)CC1. The van der Waals surface area contributed by atoms with Crippen molar-refractivity contribution in [2.24, 2.45) is 11.8 Å². The van der Waals surface area contributed by atoms with Crippen molar-refractivity contribution in [2.45, 2.75) is 31.6 Å². The number of ether oxygens (including phenoxy) is 1. The number of allylic oxidation sites excluding steroid dienone is 2. The Kier molecular flexibility index (Phi) is 7.45. The predicted octanol–water partition coefficient (Wildman–Crippen LogP) is 3.43. The molecule has 0 spiro atoms. The van der Waals surface area contributed by atoms with E-state index in [1.165, 1.54) is 11.0 Å². The average molecular weight is 484 g/mol. The number of hydrogen-bond donors (Lipinski definition) is 0. The van der Waals surface area contributed by atoms with E-state index >= 15 is 0 Å². The van der Waals surface area contributed by atoms with E-state index in [0.29, 0.717) is 57.7 Å². The Morgan fingerprint density at radius 3 is 2.18 bits per heavy atom. The molecule has 186 valence electrons. The molecular weight excluding hydrogens is 454 g/mol. The first-order valence-electron chi connectivity index (χ1n) is 11.6. The number of carbonyl (C=O) groups is 2. The zero-order valence-corrected chi connectivity index (χ0v) is 18.8. The average Bonchev–Trinajstić information content (AvgIpc) is 3.08. The molecule has 2 saturated heterocycles. The summed E-state index contributed by atoms with van der Waals surface area (Å²) in [4.78, 5) is 30.8. The molecule has 4 rings (SSSR count). The second-order valence-electron chi connectivity index (χ2n) is 8.98. The van der Waals surface area contributed by atoms with Crippen LogP contribution in [0.15, 0.2) is 36.4 Å². The molecule has 2 aliphatic heterocycles. The predicted molar refractivity (Wildman–Crippen MR) is 118 cm³/mol. The number of anilines is 1. The maximum Gasteiger partial charge on any atom is 0.340 e. The third-order valence-electron chi connectivity index (χ3n) is 6.77. The lowest BCUT2D eigenvalue weighted by molar-refractivity contribution is -0.148. The van der Waals surface area contributed by atoms with Crippen molar-refractivity contribution < 1.29 is 31.9 Å². The molecule has 6 nitrogen and oxygen atoms in total. The highest BCUT2D eigenvalue weighted by atomic mass is 19.3. The molecule has 0 N–H and O–H groups in total. The number of piperazine rings is 1. The summed E-state index contributed by atoms with van der Waals surface area (Å²) < 4.78 is 56.5. The van der Waals surface area contributed by atoms with Gasteiger partial charge < -0.3 is 9.64 Å². The van der Waals surface area contributed by atoms with Crippen LogP contribution < -0.4 is 9.64 Å². The van der Waals surface area contributed by atoms with Crippen LogP contribution in [-0.4, -0.2) is 79.8 Å². The standard InChI is InChI=1S/C24H29F4N3O3/c25-23(26)24(27,28)16-34-20-9-4-3-8-19(20)30-14-12-29(13-15-30)10-5-11-31-21(32)17-6-1-2-7-18(17)22(31)33/h1-4,8-9,17-18,23H,5-7,10-16H2. The quantitative estimate of drug-likeness (QED) is 0.306. The van der Waals surface area contributed by atoms with Crippen LogP contribution in [0.2, 0.25) is 0 Å². The fraction of sp³-hybridized carbons (Fsp3) is 0.583. The number of alkyl halides is 4. The third kappa shape index (κ3) is 5.21. The highest BCUT2D eigenvalue weighted by molar-refractivity contribution is 6.05. The van der Waals surface area contributed by atoms with Crippen molar-refractivity contribution in [3.05, 3.63) is 36.4 Å². The van der Waals surface area contributed by atoms with Gasteiger partial charge in [0.2, 0.25) is 11.8 Å². The Labute approximate surface area is 196 Å². The molecule has 1 aromatic rings. The number of amides is 2. The molecule has 1 aliphatic carbocycles. The normalized spacial score (nSPS) is 23.7. The van der Waals surface area contributed by atoms with Gasteiger partial charge in [0.15, 0.2) is 6.61 Å². The lowest BCUT2D eigenvalue weighted by atomic mass is 9.85. The molecule has 0 radical (unpaired) electrons. The van der Waals surface area contributed by atoms with E-state index < -0.39 is 19.0 Å². The molecule has 0 bridgehead atoms. The number of fused-ring (bicyclic) bond motifs is 1. The van der Waals surface area contributed by atoms with Crippen molar-refractivity contribution >= 4 is 17.5 Å². The van der Waals surface area contributed by atoms with E-state index in [1.807, 2.05) is 17.1 Å². The molecule has 0 saturated carbocycles. The summed E-state index contributed by atoms with van der Waals surface area (Å²) >= 11 is 0. The van der Waals surface area contributed by atoms with Crippen LogP contribution in [0.3, 0.4) is 0 Å².